The van der Waals surface area contributed by atoms with Gasteiger partial charge in [0.05, 0.1) is 17.4 Å². The number of amides is 1. The van der Waals surface area contributed by atoms with E-state index in [9.17, 15) is 4.79 Å². The number of nitrogens with one attached hydrogen (secondary N) is 1. The van der Waals surface area contributed by atoms with E-state index >= 15 is 0 Å². The van der Waals surface area contributed by atoms with Gasteiger partial charge in [-0.3, -0.25) is 4.79 Å². The summed E-state index contributed by atoms with van der Waals surface area (Å²) >= 11 is 0. The number of rotatable bonds is 3. The van der Waals surface area contributed by atoms with Crippen molar-refractivity contribution < 1.29 is 4.79 Å². The maximum Gasteiger partial charge on any atom is 0.250 e. The van der Waals surface area contributed by atoms with E-state index in [0.717, 1.165) is 18.8 Å². The third-order valence-electron chi connectivity index (χ3n) is 3.57. The van der Waals surface area contributed by atoms with Crippen LogP contribution in [0.2, 0.25) is 0 Å². The molecule has 5 heteroatoms. The number of pyridine rings is 1. The summed E-state index contributed by atoms with van der Waals surface area (Å²) in [5.41, 5.74) is 12.0. The SMILES string of the molecule is CC1CCC(Nc2cnc(N)cc2C(N)=O)CC1. The number of aromatic nitrogens is 1. The van der Waals surface area contributed by atoms with Crippen LogP contribution in [-0.4, -0.2) is 16.9 Å². The molecule has 5 N–H and O–H groups in total. The average Bonchev–Trinajstić information content (AvgIpc) is 2.34. The smallest absolute Gasteiger partial charge is 0.250 e. The standard InChI is InChI=1S/C13H20N4O/c1-8-2-4-9(5-3-8)17-11-7-16-12(14)6-10(11)13(15)18/h6-9,17H,2-5H2,1H3,(H2,14,16)(H2,15,18). The van der Waals surface area contributed by atoms with Crippen LogP contribution in [0.15, 0.2) is 12.3 Å². The molecule has 1 amide bonds. The Kier molecular flexibility index (Phi) is 3.69. The minimum Gasteiger partial charge on any atom is -0.384 e. The van der Waals surface area contributed by atoms with Crippen molar-refractivity contribution in [3.63, 3.8) is 0 Å². The summed E-state index contributed by atoms with van der Waals surface area (Å²) in [5.74, 6) is 0.630. The molecule has 1 saturated carbocycles. The first kappa shape index (κ1) is 12.7. The van der Waals surface area contributed by atoms with E-state index < -0.39 is 5.91 Å². The number of hydrogen-bond acceptors (Lipinski definition) is 4. The molecule has 0 spiro atoms. The van der Waals surface area contributed by atoms with Gasteiger partial charge in [-0.15, -0.1) is 0 Å². The van der Waals surface area contributed by atoms with Gasteiger partial charge in [-0.2, -0.15) is 0 Å². The first-order valence-corrected chi connectivity index (χ1v) is 6.38. The minimum absolute atomic E-state index is 0.312. The molecule has 1 aromatic heterocycles. The van der Waals surface area contributed by atoms with Crippen molar-refractivity contribution in [2.45, 2.75) is 38.6 Å². The van der Waals surface area contributed by atoms with Crippen molar-refractivity contribution in [1.29, 1.82) is 0 Å². The number of primary amides is 1. The van der Waals surface area contributed by atoms with Crippen LogP contribution < -0.4 is 16.8 Å². The fourth-order valence-electron chi connectivity index (χ4n) is 2.41. The fraction of sp³-hybridized carbons (Fsp3) is 0.538. The normalized spacial score (nSPS) is 23.6. The van der Waals surface area contributed by atoms with Crippen LogP contribution in [0.5, 0.6) is 0 Å². The summed E-state index contributed by atoms with van der Waals surface area (Å²) in [4.78, 5) is 15.4. The van der Waals surface area contributed by atoms with Crippen LogP contribution in [0.25, 0.3) is 0 Å². The number of nitrogens with two attached hydrogens (primary N) is 2. The molecule has 1 aliphatic rings. The molecule has 5 nitrogen and oxygen atoms in total. The monoisotopic (exact) mass is 248 g/mol. The highest BCUT2D eigenvalue weighted by Crippen LogP contribution is 2.27. The van der Waals surface area contributed by atoms with E-state index in [0.29, 0.717) is 23.1 Å². The quantitative estimate of drug-likeness (QED) is 0.759. The van der Waals surface area contributed by atoms with Gasteiger partial charge in [-0.05, 0) is 37.7 Å². The van der Waals surface area contributed by atoms with Crippen LogP contribution in [-0.2, 0) is 0 Å². The lowest BCUT2D eigenvalue weighted by Crippen LogP contribution is -2.27. The number of hydrogen-bond donors (Lipinski definition) is 3. The molecule has 2 rings (SSSR count). The molecule has 18 heavy (non-hydrogen) atoms. The zero-order valence-corrected chi connectivity index (χ0v) is 10.6. The molecular formula is C13H20N4O. The largest absolute Gasteiger partial charge is 0.384 e. The summed E-state index contributed by atoms with van der Waals surface area (Å²) in [6, 6.07) is 1.92. The van der Waals surface area contributed by atoms with Gasteiger partial charge in [0.1, 0.15) is 5.82 Å². The number of anilines is 2. The molecule has 98 valence electrons. The van der Waals surface area contributed by atoms with E-state index in [1.807, 2.05) is 0 Å². The first-order chi connectivity index (χ1) is 8.56. The predicted octanol–water partition coefficient (Wildman–Crippen LogP) is 1.75. The Hall–Kier alpha value is -1.78. The molecule has 0 saturated heterocycles. The van der Waals surface area contributed by atoms with E-state index in [2.05, 4.69) is 17.2 Å². The average molecular weight is 248 g/mol. The lowest BCUT2D eigenvalue weighted by molar-refractivity contribution is 0.100. The van der Waals surface area contributed by atoms with Gasteiger partial charge >= 0.3 is 0 Å². The maximum absolute atomic E-state index is 11.4. The second kappa shape index (κ2) is 5.25. The second-order valence-electron chi connectivity index (χ2n) is 5.12. The summed E-state index contributed by atoms with van der Waals surface area (Å²) in [7, 11) is 0. The first-order valence-electron chi connectivity index (χ1n) is 6.38. The Morgan fingerprint density at radius 2 is 2.06 bits per heavy atom. The number of carbonyl (C=O) groups excluding carboxylic acids is 1. The summed E-state index contributed by atoms with van der Waals surface area (Å²) in [5, 5.41) is 3.36. The van der Waals surface area contributed by atoms with E-state index in [4.69, 9.17) is 11.5 Å². The van der Waals surface area contributed by atoms with Crippen LogP contribution in [0.4, 0.5) is 11.5 Å². The third-order valence-corrected chi connectivity index (χ3v) is 3.57. The molecule has 0 aromatic carbocycles. The summed E-state index contributed by atoms with van der Waals surface area (Å²) in [6.45, 7) is 2.27. The molecule has 0 bridgehead atoms. The Morgan fingerprint density at radius 3 is 2.67 bits per heavy atom. The van der Waals surface area contributed by atoms with Crippen LogP contribution in [0.1, 0.15) is 43.0 Å². The van der Waals surface area contributed by atoms with Gasteiger partial charge in [0, 0.05) is 6.04 Å². The van der Waals surface area contributed by atoms with Crippen molar-refractivity contribution >= 4 is 17.4 Å². The van der Waals surface area contributed by atoms with Crippen molar-refractivity contribution in [1.82, 2.24) is 4.98 Å². The molecule has 1 aliphatic carbocycles. The molecule has 1 aromatic rings. The van der Waals surface area contributed by atoms with Gasteiger partial charge in [-0.1, -0.05) is 6.92 Å². The van der Waals surface area contributed by atoms with Gasteiger partial charge in [0.2, 0.25) is 0 Å². The van der Waals surface area contributed by atoms with Crippen molar-refractivity contribution in [3.05, 3.63) is 17.8 Å². The lowest BCUT2D eigenvalue weighted by atomic mass is 9.87. The Balaban J connectivity index is 2.11. The van der Waals surface area contributed by atoms with E-state index in [1.54, 1.807) is 6.20 Å². The predicted molar refractivity (Wildman–Crippen MR) is 72.2 cm³/mol. The molecule has 0 radical (unpaired) electrons. The topological polar surface area (TPSA) is 94.0 Å². The molecule has 1 fully saturated rings. The van der Waals surface area contributed by atoms with Gasteiger partial charge < -0.3 is 16.8 Å². The number of nitrogens with zero attached hydrogens (tertiary/aromatic N) is 1. The van der Waals surface area contributed by atoms with Crippen molar-refractivity contribution in [2.75, 3.05) is 11.1 Å². The summed E-state index contributed by atoms with van der Waals surface area (Å²) < 4.78 is 0. The second-order valence-corrected chi connectivity index (χ2v) is 5.12. The zero-order chi connectivity index (χ0) is 13.1. The molecule has 0 atom stereocenters. The molecule has 0 unspecified atom stereocenters. The molecule has 1 heterocycles. The minimum atomic E-state index is -0.476. The third kappa shape index (κ3) is 2.91. The van der Waals surface area contributed by atoms with Crippen LogP contribution >= 0.6 is 0 Å². The lowest BCUT2D eigenvalue weighted by Gasteiger charge is -2.28. The van der Waals surface area contributed by atoms with Crippen molar-refractivity contribution in [2.24, 2.45) is 11.7 Å². The summed E-state index contributed by atoms with van der Waals surface area (Å²) in [6.07, 6.45) is 6.25. The van der Waals surface area contributed by atoms with Crippen LogP contribution in [0.3, 0.4) is 0 Å². The fourth-order valence-corrected chi connectivity index (χ4v) is 2.41. The Labute approximate surface area is 107 Å². The van der Waals surface area contributed by atoms with E-state index in [1.165, 1.54) is 18.9 Å². The van der Waals surface area contributed by atoms with Gasteiger partial charge in [0.25, 0.3) is 5.91 Å². The maximum atomic E-state index is 11.4. The van der Waals surface area contributed by atoms with Gasteiger partial charge in [0.15, 0.2) is 0 Å². The van der Waals surface area contributed by atoms with E-state index in [-0.39, 0.29) is 0 Å². The zero-order valence-electron chi connectivity index (χ0n) is 10.6. The van der Waals surface area contributed by atoms with Crippen LogP contribution in [0, 0.1) is 5.92 Å². The Bertz CT molecular complexity index is 439. The van der Waals surface area contributed by atoms with Gasteiger partial charge in [-0.25, -0.2) is 4.98 Å². The molecule has 0 aliphatic heterocycles. The highest BCUT2D eigenvalue weighted by atomic mass is 16.1. The Morgan fingerprint density at radius 1 is 1.39 bits per heavy atom. The highest BCUT2D eigenvalue weighted by Gasteiger charge is 2.19. The highest BCUT2D eigenvalue weighted by molar-refractivity contribution is 5.99. The number of nitrogen functional groups attached to an aromatic ring is 1. The number of carbonyl (C=O) groups is 1. The van der Waals surface area contributed by atoms with Crippen molar-refractivity contribution in [3.8, 4) is 0 Å². The molecular weight excluding hydrogens is 228 g/mol.